The number of benzene rings is 3. The van der Waals surface area contributed by atoms with E-state index in [9.17, 15) is 8.42 Å². The van der Waals surface area contributed by atoms with Crippen LogP contribution in [0.4, 0.5) is 0 Å². The number of aryl methyl sites for hydroxylation is 1. The molecule has 0 radical (unpaired) electrons. The first-order valence-electron chi connectivity index (χ1n) is 8.56. The van der Waals surface area contributed by atoms with E-state index >= 15 is 0 Å². The minimum atomic E-state index is -3.24. The average Bonchev–Trinajstić information content (AvgIpc) is 2.67. The lowest BCUT2D eigenvalue weighted by Crippen LogP contribution is -1.98. The third-order valence-electron chi connectivity index (χ3n) is 4.45. The van der Waals surface area contributed by atoms with Crippen molar-refractivity contribution in [3.05, 3.63) is 78.4 Å². The number of hydrogen-bond donors (Lipinski definition) is 0. The fourth-order valence-electron chi connectivity index (χ4n) is 2.97. The Labute approximate surface area is 158 Å². The SMILES string of the molecule is Cc1ccc(-c2nc3ccccc3nc2-c2ccc(S(C)(=O)=O)cc2)cc1. The molecular weight excluding hydrogens is 356 g/mol. The van der Waals surface area contributed by atoms with Crippen LogP contribution in [0.1, 0.15) is 5.56 Å². The van der Waals surface area contributed by atoms with Gasteiger partial charge in [0.15, 0.2) is 9.84 Å². The lowest BCUT2D eigenvalue weighted by molar-refractivity contribution is 0.602. The van der Waals surface area contributed by atoms with E-state index in [-0.39, 0.29) is 4.90 Å². The third kappa shape index (κ3) is 3.46. The lowest BCUT2D eigenvalue weighted by atomic mass is 10.0. The van der Waals surface area contributed by atoms with Gasteiger partial charge in [0.2, 0.25) is 0 Å². The summed E-state index contributed by atoms with van der Waals surface area (Å²) in [7, 11) is -3.24. The second-order valence-corrected chi connectivity index (χ2v) is 8.59. The Bertz CT molecular complexity index is 1230. The fraction of sp³-hybridized carbons (Fsp3) is 0.0909. The molecule has 4 rings (SSSR count). The average molecular weight is 374 g/mol. The highest BCUT2D eigenvalue weighted by atomic mass is 32.2. The van der Waals surface area contributed by atoms with E-state index in [1.807, 2.05) is 55.5 Å². The molecule has 27 heavy (non-hydrogen) atoms. The zero-order chi connectivity index (χ0) is 19.0. The Balaban J connectivity index is 1.95. The Morgan fingerprint density at radius 1 is 0.667 bits per heavy atom. The van der Waals surface area contributed by atoms with Gasteiger partial charge in [-0.1, -0.05) is 54.1 Å². The van der Waals surface area contributed by atoms with Crippen molar-refractivity contribution < 1.29 is 8.42 Å². The third-order valence-corrected chi connectivity index (χ3v) is 5.58. The van der Waals surface area contributed by atoms with Crippen LogP contribution in [0.2, 0.25) is 0 Å². The van der Waals surface area contributed by atoms with E-state index in [1.54, 1.807) is 24.3 Å². The van der Waals surface area contributed by atoms with Crippen LogP contribution in [-0.2, 0) is 9.84 Å². The van der Waals surface area contributed by atoms with Crippen molar-refractivity contribution in [3.63, 3.8) is 0 Å². The van der Waals surface area contributed by atoms with E-state index in [4.69, 9.17) is 9.97 Å². The van der Waals surface area contributed by atoms with Gasteiger partial charge < -0.3 is 0 Å². The second-order valence-electron chi connectivity index (χ2n) is 6.57. The van der Waals surface area contributed by atoms with Crippen LogP contribution >= 0.6 is 0 Å². The number of rotatable bonds is 3. The molecule has 4 aromatic rings. The van der Waals surface area contributed by atoms with Gasteiger partial charge in [0, 0.05) is 17.4 Å². The molecule has 0 saturated heterocycles. The second kappa shape index (κ2) is 6.59. The number of aromatic nitrogens is 2. The van der Waals surface area contributed by atoms with E-state index in [1.165, 1.54) is 11.8 Å². The minimum Gasteiger partial charge on any atom is -0.244 e. The largest absolute Gasteiger partial charge is 0.244 e. The van der Waals surface area contributed by atoms with Gasteiger partial charge in [-0.2, -0.15) is 0 Å². The quantitative estimate of drug-likeness (QED) is 0.523. The molecule has 0 atom stereocenters. The lowest BCUT2D eigenvalue weighted by Gasteiger charge is -2.11. The molecule has 5 heteroatoms. The predicted molar refractivity (Wildman–Crippen MR) is 108 cm³/mol. The topological polar surface area (TPSA) is 59.9 Å². The van der Waals surface area contributed by atoms with E-state index in [0.717, 1.165) is 33.5 Å². The summed E-state index contributed by atoms with van der Waals surface area (Å²) in [6.45, 7) is 2.04. The molecule has 3 aromatic carbocycles. The molecule has 0 aliphatic rings. The van der Waals surface area contributed by atoms with Crippen LogP contribution in [0, 0.1) is 6.92 Å². The maximum Gasteiger partial charge on any atom is 0.175 e. The molecule has 4 nitrogen and oxygen atoms in total. The molecule has 0 bridgehead atoms. The number of nitrogens with zero attached hydrogens (tertiary/aromatic N) is 2. The van der Waals surface area contributed by atoms with E-state index in [2.05, 4.69) is 0 Å². The maximum absolute atomic E-state index is 11.7. The smallest absolute Gasteiger partial charge is 0.175 e. The number of para-hydroxylation sites is 2. The molecule has 1 heterocycles. The molecule has 0 aliphatic heterocycles. The molecule has 0 aliphatic carbocycles. The van der Waals surface area contributed by atoms with Crippen LogP contribution in [-0.4, -0.2) is 24.6 Å². The molecule has 1 aromatic heterocycles. The van der Waals surface area contributed by atoms with Gasteiger partial charge >= 0.3 is 0 Å². The van der Waals surface area contributed by atoms with Crippen molar-refractivity contribution in [3.8, 4) is 22.5 Å². The first-order chi connectivity index (χ1) is 12.9. The monoisotopic (exact) mass is 374 g/mol. The molecule has 0 saturated carbocycles. The Morgan fingerprint density at radius 2 is 1.11 bits per heavy atom. The summed E-state index contributed by atoms with van der Waals surface area (Å²) in [6, 6.07) is 22.7. The van der Waals surface area contributed by atoms with Crippen LogP contribution in [0.3, 0.4) is 0 Å². The summed E-state index contributed by atoms with van der Waals surface area (Å²) in [6.07, 6.45) is 1.20. The van der Waals surface area contributed by atoms with Crippen LogP contribution in [0.5, 0.6) is 0 Å². The molecule has 0 amide bonds. The first-order valence-corrected chi connectivity index (χ1v) is 10.5. The Morgan fingerprint density at radius 3 is 1.56 bits per heavy atom. The van der Waals surface area contributed by atoms with Gasteiger partial charge in [-0.05, 0) is 31.2 Å². The fourth-order valence-corrected chi connectivity index (χ4v) is 3.60. The number of fused-ring (bicyclic) bond motifs is 1. The van der Waals surface area contributed by atoms with Crippen molar-refractivity contribution in [1.29, 1.82) is 0 Å². The summed E-state index contributed by atoms with van der Waals surface area (Å²) in [5, 5.41) is 0. The zero-order valence-electron chi connectivity index (χ0n) is 15.0. The van der Waals surface area contributed by atoms with E-state index < -0.39 is 9.84 Å². The highest BCUT2D eigenvalue weighted by Gasteiger charge is 2.14. The van der Waals surface area contributed by atoms with Crippen molar-refractivity contribution in [2.24, 2.45) is 0 Å². The van der Waals surface area contributed by atoms with Gasteiger partial charge in [0.1, 0.15) is 0 Å². The van der Waals surface area contributed by atoms with Gasteiger partial charge in [-0.15, -0.1) is 0 Å². The summed E-state index contributed by atoms with van der Waals surface area (Å²) in [5.41, 5.74) is 6.11. The summed E-state index contributed by atoms with van der Waals surface area (Å²) in [5.74, 6) is 0. The standard InChI is InChI=1S/C22H18N2O2S/c1-15-7-9-16(10-8-15)21-22(24-20-6-4-3-5-19(20)23-21)17-11-13-18(14-12-17)27(2,25)26/h3-14H,1-2H3. The van der Waals surface area contributed by atoms with Crippen LogP contribution in [0.25, 0.3) is 33.5 Å². The van der Waals surface area contributed by atoms with Gasteiger partial charge in [-0.3, -0.25) is 0 Å². The van der Waals surface area contributed by atoms with Crippen molar-refractivity contribution in [1.82, 2.24) is 9.97 Å². The molecule has 0 spiro atoms. The highest BCUT2D eigenvalue weighted by Crippen LogP contribution is 2.31. The van der Waals surface area contributed by atoms with Crippen molar-refractivity contribution in [2.75, 3.05) is 6.26 Å². The van der Waals surface area contributed by atoms with E-state index in [0.29, 0.717) is 0 Å². The summed E-state index contributed by atoms with van der Waals surface area (Å²) >= 11 is 0. The first kappa shape index (κ1) is 17.4. The van der Waals surface area contributed by atoms with Gasteiger partial charge in [-0.25, -0.2) is 18.4 Å². The summed E-state index contributed by atoms with van der Waals surface area (Å²) in [4.78, 5) is 9.95. The Hall–Kier alpha value is -3.05. The molecular formula is C22H18N2O2S. The molecule has 0 N–H and O–H groups in total. The van der Waals surface area contributed by atoms with Crippen molar-refractivity contribution in [2.45, 2.75) is 11.8 Å². The van der Waals surface area contributed by atoms with Gasteiger partial charge in [0.25, 0.3) is 0 Å². The van der Waals surface area contributed by atoms with Crippen LogP contribution in [0.15, 0.2) is 77.7 Å². The highest BCUT2D eigenvalue weighted by molar-refractivity contribution is 7.90. The van der Waals surface area contributed by atoms with Crippen molar-refractivity contribution >= 4 is 20.9 Å². The molecule has 0 fully saturated rings. The normalized spacial score (nSPS) is 11.6. The number of sulfone groups is 1. The zero-order valence-corrected chi connectivity index (χ0v) is 15.9. The van der Waals surface area contributed by atoms with Crippen LogP contribution < -0.4 is 0 Å². The number of hydrogen-bond acceptors (Lipinski definition) is 4. The molecule has 0 unspecified atom stereocenters. The summed E-state index contributed by atoms with van der Waals surface area (Å²) < 4.78 is 23.5. The minimum absolute atomic E-state index is 0.289. The van der Waals surface area contributed by atoms with Gasteiger partial charge in [0.05, 0.1) is 27.3 Å². The predicted octanol–water partition coefficient (Wildman–Crippen LogP) is 4.68. The molecule has 134 valence electrons. The maximum atomic E-state index is 11.7. The Kier molecular flexibility index (Phi) is 4.24.